The van der Waals surface area contributed by atoms with Crippen molar-refractivity contribution in [1.82, 2.24) is 9.13 Å². The number of aryl methyl sites for hydroxylation is 2. The van der Waals surface area contributed by atoms with Crippen LogP contribution in [0.4, 0.5) is 5.69 Å². The van der Waals surface area contributed by atoms with E-state index in [4.69, 9.17) is 0 Å². The van der Waals surface area contributed by atoms with Crippen LogP contribution in [-0.4, -0.2) is 15.0 Å². The van der Waals surface area contributed by atoms with E-state index < -0.39 is 17.2 Å². The summed E-state index contributed by atoms with van der Waals surface area (Å²) in [6.07, 6.45) is 4.69. The highest BCUT2D eigenvalue weighted by Gasteiger charge is 2.14. The van der Waals surface area contributed by atoms with Crippen molar-refractivity contribution < 1.29 is 4.79 Å². The van der Waals surface area contributed by atoms with Crippen LogP contribution in [0.25, 0.3) is 0 Å². The molecule has 1 aliphatic rings. The average molecular weight is 375 g/mol. The van der Waals surface area contributed by atoms with Crippen LogP contribution in [0, 0.1) is 0 Å². The molecule has 6 nitrogen and oxygen atoms in total. The topological polar surface area (TPSA) is 73.1 Å². The van der Waals surface area contributed by atoms with Crippen molar-refractivity contribution in [3.63, 3.8) is 0 Å². The first kappa shape index (κ1) is 18.0. The predicted octanol–water partition coefficient (Wildman–Crippen LogP) is 2.19. The Hall–Kier alpha value is -3.41. The largest absolute Gasteiger partial charge is 0.331 e. The van der Waals surface area contributed by atoms with Gasteiger partial charge in [-0.1, -0.05) is 36.4 Å². The molecule has 1 N–H and O–H groups in total. The first-order valence-electron chi connectivity index (χ1n) is 9.36. The van der Waals surface area contributed by atoms with Crippen LogP contribution in [0.1, 0.15) is 23.1 Å². The normalized spacial score (nSPS) is 12.6. The maximum absolute atomic E-state index is 12.7. The zero-order valence-corrected chi connectivity index (χ0v) is 15.4. The summed E-state index contributed by atoms with van der Waals surface area (Å²) in [4.78, 5) is 37.3. The summed E-state index contributed by atoms with van der Waals surface area (Å²) in [5.41, 5.74) is 3.22. The molecule has 1 amide bonds. The lowest BCUT2D eigenvalue weighted by atomic mass is 10.1. The second kappa shape index (κ2) is 7.68. The monoisotopic (exact) mass is 375 g/mol. The molecule has 0 atom stereocenters. The maximum Gasteiger partial charge on any atom is 0.331 e. The summed E-state index contributed by atoms with van der Waals surface area (Å²) >= 11 is 0. The molecule has 4 rings (SSSR count). The summed E-state index contributed by atoms with van der Waals surface area (Å²) in [5.74, 6) is -0.394. The third-order valence-corrected chi connectivity index (χ3v) is 5.02. The van der Waals surface area contributed by atoms with Gasteiger partial charge in [0.25, 0.3) is 5.56 Å². The second-order valence-electron chi connectivity index (χ2n) is 7.02. The van der Waals surface area contributed by atoms with E-state index in [9.17, 15) is 14.4 Å². The number of nitrogens with zero attached hydrogens (tertiary/aromatic N) is 2. The van der Waals surface area contributed by atoms with Gasteiger partial charge in [-0.2, -0.15) is 0 Å². The van der Waals surface area contributed by atoms with Gasteiger partial charge in [0.2, 0.25) is 5.91 Å². The Morgan fingerprint density at radius 2 is 1.75 bits per heavy atom. The number of carbonyl (C=O) groups is 1. The Kier molecular flexibility index (Phi) is 4.93. The number of carbonyl (C=O) groups excluding carboxylic acids is 1. The van der Waals surface area contributed by atoms with E-state index >= 15 is 0 Å². The predicted molar refractivity (Wildman–Crippen MR) is 108 cm³/mol. The molecule has 0 bridgehead atoms. The molecule has 0 fully saturated rings. The zero-order chi connectivity index (χ0) is 19.5. The zero-order valence-electron chi connectivity index (χ0n) is 15.4. The smallest absolute Gasteiger partial charge is 0.325 e. The lowest BCUT2D eigenvalue weighted by Crippen LogP contribution is -2.41. The minimum atomic E-state index is -0.500. The van der Waals surface area contributed by atoms with Crippen molar-refractivity contribution in [2.24, 2.45) is 0 Å². The Morgan fingerprint density at radius 1 is 0.964 bits per heavy atom. The van der Waals surface area contributed by atoms with Gasteiger partial charge in [-0.3, -0.25) is 18.7 Å². The van der Waals surface area contributed by atoms with Gasteiger partial charge in [0.1, 0.15) is 6.54 Å². The number of nitrogens with one attached hydrogen (secondary N) is 1. The molecule has 0 unspecified atom stereocenters. The minimum Gasteiger partial charge on any atom is -0.325 e. The van der Waals surface area contributed by atoms with E-state index in [1.165, 1.54) is 28.0 Å². The summed E-state index contributed by atoms with van der Waals surface area (Å²) in [5, 5.41) is 2.80. The number of aromatic nitrogens is 2. The first-order chi connectivity index (χ1) is 13.6. The fraction of sp³-hybridized carbons (Fsp3) is 0.227. The van der Waals surface area contributed by atoms with Crippen LogP contribution in [-0.2, 0) is 30.7 Å². The van der Waals surface area contributed by atoms with Gasteiger partial charge < -0.3 is 5.32 Å². The van der Waals surface area contributed by atoms with E-state index in [1.807, 2.05) is 48.5 Å². The molecule has 0 radical (unpaired) electrons. The fourth-order valence-electron chi connectivity index (χ4n) is 3.60. The van der Waals surface area contributed by atoms with E-state index in [-0.39, 0.29) is 6.54 Å². The van der Waals surface area contributed by atoms with Crippen LogP contribution in [0.5, 0.6) is 0 Å². The van der Waals surface area contributed by atoms with E-state index in [0.717, 1.165) is 29.4 Å². The highest BCUT2D eigenvalue weighted by Crippen LogP contribution is 2.24. The van der Waals surface area contributed by atoms with Crippen molar-refractivity contribution >= 4 is 11.6 Å². The Balaban J connectivity index is 1.52. The molecule has 28 heavy (non-hydrogen) atoms. The number of anilines is 1. The minimum absolute atomic E-state index is 0.315. The summed E-state index contributed by atoms with van der Waals surface area (Å²) in [6.45, 7) is 0.0246. The van der Waals surface area contributed by atoms with Gasteiger partial charge in [0, 0.05) is 18.0 Å². The molecule has 0 saturated carbocycles. The van der Waals surface area contributed by atoms with Gasteiger partial charge in [-0.05, 0) is 48.1 Å². The highest BCUT2D eigenvalue weighted by atomic mass is 16.2. The first-order valence-corrected chi connectivity index (χ1v) is 9.36. The van der Waals surface area contributed by atoms with Crippen LogP contribution in [0.3, 0.4) is 0 Å². The average Bonchev–Trinajstić information content (AvgIpc) is 3.16. The number of hydrogen-bond donors (Lipinski definition) is 1. The molecule has 6 heteroatoms. The van der Waals surface area contributed by atoms with Gasteiger partial charge in [0.15, 0.2) is 0 Å². The molecule has 0 saturated heterocycles. The molecular weight excluding hydrogens is 354 g/mol. The van der Waals surface area contributed by atoms with Crippen molar-refractivity contribution in [1.29, 1.82) is 0 Å². The Bertz CT molecular complexity index is 1130. The molecule has 0 aliphatic heterocycles. The van der Waals surface area contributed by atoms with Gasteiger partial charge in [-0.25, -0.2) is 4.79 Å². The molecule has 0 spiro atoms. The van der Waals surface area contributed by atoms with Crippen LogP contribution in [0.15, 0.2) is 70.4 Å². The second-order valence-corrected chi connectivity index (χ2v) is 7.02. The molecule has 3 aromatic rings. The lowest BCUT2D eigenvalue weighted by Gasteiger charge is -2.11. The number of amides is 1. The molecule has 142 valence electrons. The summed E-state index contributed by atoms with van der Waals surface area (Å²) < 4.78 is 2.39. The number of benzene rings is 2. The van der Waals surface area contributed by atoms with Crippen molar-refractivity contribution in [2.45, 2.75) is 32.4 Å². The van der Waals surface area contributed by atoms with Gasteiger partial charge in [0.05, 0.1) is 6.54 Å². The standard InChI is InChI=1S/C22H21N3O3/c26-20(23-19-10-9-17-7-4-8-18(17)13-19)15-25-21(27)11-12-24(22(25)28)14-16-5-2-1-3-6-16/h1-3,5-6,9-13H,4,7-8,14-15H2,(H,23,26). The SMILES string of the molecule is O=C(Cn1c(=O)ccn(Cc2ccccc2)c1=O)Nc1ccc2c(c1)CCC2. The molecule has 1 aromatic heterocycles. The van der Waals surface area contributed by atoms with Gasteiger partial charge >= 0.3 is 5.69 Å². The number of fused-ring (bicyclic) bond motifs is 1. The van der Waals surface area contributed by atoms with Crippen LogP contribution < -0.4 is 16.6 Å². The third-order valence-electron chi connectivity index (χ3n) is 5.02. The van der Waals surface area contributed by atoms with Crippen molar-refractivity contribution in [3.8, 4) is 0 Å². The van der Waals surface area contributed by atoms with Gasteiger partial charge in [-0.15, -0.1) is 0 Å². The van der Waals surface area contributed by atoms with E-state index in [1.54, 1.807) is 0 Å². The number of hydrogen-bond acceptors (Lipinski definition) is 3. The van der Waals surface area contributed by atoms with Crippen LogP contribution >= 0.6 is 0 Å². The quantitative estimate of drug-likeness (QED) is 0.743. The molecule has 1 heterocycles. The van der Waals surface area contributed by atoms with E-state index in [2.05, 4.69) is 5.32 Å². The number of rotatable bonds is 5. The summed E-state index contributed by atoms with van der Waals surface area (Å²) in [6, 6.07) is 16.7. The lowest BCUT2D eigenvalue weighted by molar-refractivity contribution is -0.116. The van der Waals surface area contributed by atoms with Crippen molar-refractivity contribution in [2.75, 3.05) is 5.32 Å². The van der Waals surface area contributed by atoms with E-state index in [0.29, 0.717) is 12.2 Å². The maximum atomic E-state index is 12.7. The summed E-state index contributed by atoms with van der Waals surface area (Å²) in [7, 11) is 0. The molecule has 2 aromatic carbocycles. The fourth-order valence-corrected chi connectivity index (χ4v) is 3.60. The van der Waals surface area contributed by atoms with Crippen LogP contribution in [0.2, 0.25) is 0 Å². The highest BCUT2D eigenvalue weighted by molar-refractivity contribution is 5.90. The Morgan fingerprint density at radius 3 is 2.57 bits per heavy atom. The third kappa shape index (κ3) is 3.81. The Labute approximate surface area is 162 Å². The molecule has 1 aliphatic carbocycles. The molecular formula is C22H21N3O3. The van der Waals surface area contributed by atoms with Crippen molar-refractivity contribution in [3.05, 3.63) is 98.3 Å².